The Labute approximate surface area is 194 Å². The highest BCUT2D eigenvalue weighted by Gasteiger charge is 2.70. The fraction of sp³-hybridized carbons (Fsp3) is 0.828. The van der Waals surface area contributed by atoms with Gasteiger partial charge >= 0.3 is 0 Å². The minimum atomic E-state index is -0.253. The monoisotopic (exact) mass is 438 g/mol. The predicted molar refractivity (Wildman–Crippen MR) is 126 cm³/mol. The molecule has 5 aliphatic rings. The van der Waals surface area contributed by atoms with E-state index in [2.05, 4.69) is 34.3 Å². The standard InChI is InChI=1S/C29H42O3/c1-18(16-30)20-8-13-29(17-31)15-14-27(4)22(25(20)29)6-7-24-26(3)11-10-23(32)19(2)21(26)9-12-28(24,27)5/h16-17,19-22,24-25H,1,6-15H2,2-5H3/t19-,20?,21?,22-,24?,25?,26+,27-,28-,29-/m1/s1. The zero-order valence-electron chi connectivity index (χ0n) is 20.6. The van der Waals surface area contributed by atoms with Crippen molar-refractivity contribution in [1.82, 2.24) is 0 Å². The number of rotatable bonds is 3. The van der Waals surface area contributed by atoms with Crippen LogP contribution in [0.25, 0.3) is 0 Å². The maximum atomic E-state index is 12.6. The average Bonchev–Trinajstić information content (AvgIpc) is 3.17. The molecule has 5 fully saturated rings. The molecule has 4 unspecified atom stereocenters. The molecule has 0 amide bonds. The number of hydrogen-bond acceptors (Lipinski definition) is 3. The molecule has 32 heavy (non-hydrogen) atoms. The largest absolute Gasteiger partial charge is 0.303 e. The first-order chi connectivity index (χ1) is 15.1. The third-order valence-electron chi connectivity index (χ3n) is 12.7. The second-order valence-electron chi connectivity index (χ2n) is 13.2. The lowest BCUT2D eigenvalue weighted by Crippen LogP contribution is -2.65. The SMILES string of the molecule is C=C(C=O)C1CC[C@]2(C=O)CC[C@]3(C)[C@H](CCC4[C@@]5(C)CCC(=O)[C@H](C)C5CC[C@]43C)C12. The fourth-order valence-electron chi connectivity index (χ4n) is 10.8. The van der Waals surface area contributed by atoms with Crippen molar-refractivity contribution in [3.8, 4) is 0 Å². The molecule has 0 bridgehead atoms. The molecule has 0 aromatic heterocycles. The van der Waals surface area contributed by atoms with Crippen LogP contribution in [0.15, 0.2) is 12.2 Å². The quantitative estimate of drug-likeness (QED) is 0.389. The second-order valence-corrected chi connectivity index (χ2v) is 13.2. The number of hydrogen-bond donors (Lipinski definition) is 0. The summed E-state index contributed by atoms with van der Waals surface area (Å²) in [5, 5.41) is 0. The third kappa shape index (κ3) is 2.57. The van der Waals surface area contributed by atoms with E-state index in [0.717, 1.165) is 57.7 Å². The molecule has 0 radical (unpaired) electrons. The summed E-state index contributed by atoms with van der Waals surface area (Å²) in [4.78, 5) is 36.8. The van der Waals surface area contributed by atoms with E-state index in [1.807, 2.05) is 0 Å². The summed E-state index contributed by atoms with van der Waals surface area (Å²) in [5.74, 6) is 2.76. The Bertz CT molecular complexity index is 860. The highest BCUT2D eigenvalue weighted by Crippen LogP contribution is 2.76. The van der Waals surface area contributed by atoms with Gasteiger partial charge in [-0.3, -0.25) is 9.59 Å². The Hall–Kier alpha value is -1.25. The van der Waals surface area contributed by atoms with Crippen LogP contribution in [-0.4, -0.2) is 18.4 Å². The van der Waals surface area contributed by atoms with Crippen LogP contribution in [-0.2, 0) is 14.4 Å². The number of aldehydes is 2. The van der Waals surface area contributed by atoms with Crippen molar-refractivity contribution in [3.05, 3.63) is 12.2 Å². The molecule has 0 aromatic rings. The van der Waals surface area contributed by atoms with E-state index in [9.17, 15) is 14.4 Å². The Morgan fingerprint density at radius 3 is 2.34 bits per heavy atom. The van der Waals surface area contributed by atoms with Crippen LogP contribution in [0.4, 0.5) is 0 Å². The van der Waals surface area contributed by atoms with Gasteiger partial charge in [-0.15, -0.1) is 0 Å². The molecule has 10 atom stereocenters. The van der Waals surface area contributed by atoms with Gasteiger partial charge in [-0.05, 0) is 109 Å². The normalized spacial score (nSPS) is 54.6. The molecule has 3 heteroatoms. The summed E-state index contributed by atoms with van der Waals surface area (Å²) < 4.78 is 0. The third-order valence-corrected chi connectivity index (χ3v) is 12.7. The van der Waals surface area contributed by atoms with Crippen LogP contribution in [0.3, 0.4) is 0 Å². The van der Waals surface area contributed by atoms with Crippen molar-refractivity contribution < 1.29 is 14.4 Å². The summed E-state index contributed by atoms with van der Waals surface area (Å²) in [7, 11) is 0. The molecule has 3 nitrogen and oxygen atoms in total. The van der Waals surface area contributed by atoms with Gasteiger partial charge in [0.2, 0.25) is 0 Å². The average molecular weight is 439 g/mol. The Kier molecular flexibility index (Phi) is 5.02. The molecule has 176 valence electrons. The van der Waals surface area contributed by atoms with Gasteiger partial charge in [-0.25, -0.2) is 0 Å². The van der Waals surface area contributed by atoms with Gasteiger partial charge in [-0.2, -0.15) is 0 Å². The minimum absolute atomic E-state index is 0.168. The zero-order valence-corrected chi connectivity index (χ0v) is 20.6. The Balaban J connectivity index is 1.55. The lowest BCUT2D eigenvalue weighted by molar-refractivity contribution is -0.224. The summed E-state index contributed by atoms with van der Waals surface area (Å²) in [6, 6.07) is 0. The van der Waals surface area contributed by atoms with Gasteiger partial charge < -0.3 is 4.79 Å². The van der Waals surface area contributed by atoms with Crippen LogP contribution in [0, 0.1) is 57.2 Å². The number of ketones is 1. The molecular formula is C29H42O3. The summed E-state index contributed by atoms with van der Waals surface area (Å²) in [6.45, 7) is 13.9. The first-order valence-electron chi connectivity index (χ1n) is 13.2. The van der Waals surface area contributed by atoms with E-state index in [1.54, 1.807) is 0 Å². The molecule has 0 aromatic carbocycles. The number of carbonyl (C=O) groups excluding carboxylic acids is 3. The van der Waals surface area contributed by atoms with E-state index < -0.39 is 0 Å². The van der Waals surface area contributed by atoms with Gasteiger partial charge in [-0.1, -0.05) is 34.3 Å². The number of Topliss-reactive ketones (excluding diaryl/α,β-unsaturated/α-hetero) is 1. The molecule has 0 N–H and O–H groups in total. The van der Waals surface area contributed by atoms with Gasteiger partial charge in [0.15, 0.2) is 0 Å². The number of allylic oxidation sites excluding steroid dienone is 1. The summed E-state index contributed by atoms with van der Waals surface area (Å²) in [5.41, 5.74) is 1.11. The lowest BCUT2D eigenvalue weighted by atomic mass is 9.33. The molecular weight excluding hydrogens is 396 g/mol. The Morgan fingerprint density at radius 2 is 1.66 bits per heavy atom. The molecule has 5 rings (SSSR count). The first-order valence-corrected chi connectivity index (χ1v) is 13.2. The van der Waals surface area contributed by atoms with Crippen LogP contribution in [0.2, 0.25) is 0 Å². The minimum Gasteiger partial charge on any atom is -0.303 e. The smallest absolute Gasteiger partial charge is 0.145 e. The molecule has 0 saturated heterocycles. The molecule has 0 spiro atoms. The van der Waals surface area contributed by atoms with Crippen molar-refractivity contribution in [2.75, 3.05) is 0 Å². The highest BCUT2D eigenvalue weighted by atomic mass is 16.1. The van der Waals surface area contributed by atoms with E-state index in [4.69, 9.17) is 0 Å². The van der Waals surface area contributed by atoms with Gasteiger partial charge in [0.25, 0.3) is 0 Å². The van der Waals surface area contributed by atoms with Crippen LogP contribution in [0.1, 0.15) is 91.9 Å². The molecule has 5 saturated carbocycles. The van der Waals surface area contributed by atoms with Gasteiger partial charge in [0.1, 0.15) is 18.4 Å². The van der Waals surface area contributed by atoms with Crippen LogP contribution >= 0.6 is 0 Å². The molecule has 0 heterocycles. The fourth-order valence-corrected chi connectivity index (χ4v) is 10.8. The maximum absolute atomic E-state index is 12.6. The number of carbonyl (C=O) groups is 3. The number of fused-ring (bicyclic) bond motifs is 7. The summed E-state index contributed by atoms with van der Waals surface area (Å²) >= 11 is 0. The Morgan fingerprint density at radius 1 is 0.906 bits per heavy atom. The van der Waals surface area contributed by atoms with E-state index >= 15 is 0 Å². The van der Waals surface area contributed by atoms with Crippen molar-refractivity contribution in [2.45, 2.75) is 91.9 Å². The molecule has 0 aliphatic heterocycles. The van der Waals surface area contributed by atoms with Crippen molar-refractivity contribution >= 4 is 18.4 Å². The van der Waals surface area contributed by atoms with E-state index in [1.165, 1.54) is 19.1 Å². The zero-order chi connectivity index (χ0) is 23.1. The maximum Gasteiger partial charge on any atom is 0.145 e. The predicted octanol–water partition coefficient (Wildman–Crippen LogP) is 6.20. The second kappa shape index (κ2) is 7.12. The van der Waals surface area contributed by atoms with Gasteiger partial charge in [0.05, 0.1) is 0 Å². The summed E-state index contributed by atoms with van der Waals surface area (Å²) in [6.07, 6.45) is 12.7. The van der Waals surface area contributed by atoms with Crippen molar-refractivity contribution in [1.29, 1.82) is 0 Å². The highest BCUT2D eigenvalue weighted by molar-refractivity contribution is 5.82. The lowest BCUT2D eigenvalue weighted by Gasteiger charge is -2.71. The van der Waals surface area contributed by atoms with E-state index in [-0.39, 0.29) is 39.4 Å². The van der Waals surface area contributed by atoms with Crippen molar-refractivity contribution in [3.63, 3.8) is 0 Å². The van der Waals surface area contributed by atoms with E-state index in [0.29, 0.717) is 29.1 Å². The topological polar surface area (TPSA) is 51.2 Å². The van der Waals surface area contributed by atoms with Gasteiger partial charge in [0, 0.05) is 17.8 Å². The van der Waals surface area contributed by atoms with Crippen LogP contribution < -0.4 is 0 Å². The van der Waals surface area contributed by atoms with Crippen LogP contribution in [0.5, 0.6) is 0 Å². The first kappa shape index (κ1) is 22.5. The van der Waals surface area contributed by atoms with Crippen molar-refractivity contribution in [2.24, 2.45) is 57.2 Å². The molecule has 5 aliphatic carbocycles.